The summed E-state index contributed by atoms with van der Waals surface area (Å²) in [6.45, 7) is 5.52. The van der Waals surface area contributed by atoms with E-state index in [1.807, 2.05) is 6.92 Å². The number of amides is 1. The summed E-state index contributed by atoms with van der Waals surface area (Å²) >= 11 is 0. The predicted molar refractivity (Wildman–Crippen MR) is 106 cm³/mol. The number of rotatable bonds is 8. The van der Waals surface area contributed by atoms with Gasteiger partial charge in [-0.25, -0.2) is 17.9 Å². The van der Waals surface area contributed by atoms with Gasteiger partial charge in [0, 0.05) is 12.1 Å². The number of ether oxygens (including phenoxy) is 1. The number of hydrogen-bond donors (Lipinski definition) is 2. The van der Waals surface area contributed by atoms with Crippen molar-refractivity contribution in [3.8, 4) is 0 Å². The third-order valence-corrected chi connectivity index (χ3v) is 6.69. The molecule has 1 fully saturated rings. The highest BCUT2D eigenvalue weighted by Gasteiger charge is 2.21. The minimum Gasteiger partial charge on any atom is -0.452 e. The molecule has 7 nitrogen and oxygen atoms in total. The zero-order valence-corrected chi connectivity index (χ0v) is 17.6. The Morgan fingerprint density at radius 2 is 1.75 bits per heavy atom. The lowest BCUT2D eigenvalue weighted by Crippen LogP contribution is -2.39. The van der Waals surface area contributed by atoms with Crippen molar-refractivity contribution in [1.29, 1.82) is 0 Å². The highest BCUT2D eigenvalue weighted by molar-refractivity contribution is 7.89. The van der Waals surface area contributed by atoms with Crippen LogP contribution < -0.4 is 10.0 Å². The van der Waals surface area contributed by atoms with Crippen molar-refractivity contribution >= 4 is 21.9 Å². The summed E-state index contributed by atoms with van der Waals surface area (Å²) in [7, 11) is -3.63. The molecule has 28 heavy (non-hydrogen) atoms. The number of carbonyl (C=O) groups excluding carboxylic acids is 2. The first kappa shape index (κ1) is 22.4. The van der Waals surface area contributed by atoms with Crippen molar-refractivity contribution in [1.82, 2.24) is 10.0 Å². The number of hydrogen-bond acceptors (Lipinski definition) is 5. The van der Waals surface area contributed by atoms with E-state index >= 15 is 0 Å². The van der Waals surface area contributed by atoms with E-state index in [1.165, 1.54) is 24.3 Å². The van der Waals surface area contributed by atoms with Gasteiger partial charge in [0.2, 0.25) is 10.0 Å². The van der Waals surface area contributed by atoms with Crippen LogP contribution in [0.2, 0.25) is 0 Å². The van der Waals surface area contributed by atoms with Crippen LogP contribution in [0.15, 0.2) is 29.2 Å². The Morgan fingerprint density at radius 3 is 2.32 bits per heavy atom. The maximum atomic E-state index is 12.2. The second kappa shape index (κ2) is 10.0. The van der Waals surface area contributed by atoms with Crippen LogP contribution >= 0.6 is 0 Å². The van der Waals surface area contributed by atoms with E-state index in [4.69, 9.17) is 4.74 Å². The van der Waals surface area contributed by atoms with Crippen molar-refractivity contribution in [2.75, 3.05) is 6.61 Å². The van der Waals surface area contributed by atoms with Crippen molar-refractivity contribution in [3.63, 3.8) is 0 Å². The van der Waals surface area contributed by atoms with Gasteiger partial charge >= 0.3 is 5.97 Å². The zero-order chi connectivity index (χ0) is 20.7. The van der Waals surface area contributed by atoms with E-state index in [-0.39, 0.29) is 35.1 Å². The van der Waals surface area contributed by atoms with E-state index < -0.39 is 16.0 Å². The molecule has 8 heteroatoms. The number of sulfonamides is 1. The minimum atomic E-state index is -3.63. The number of nitrogens with one attached hydrogen (secondary N) is 2. The molecular weight excluding hydrogens is 380 g/mol. The minimum absolute atomic E-state index is 0.0774. The Balaban J connectivity index is 1.85. The molecule has 0 saturated heterocycles. The van der Waals surface area contributed by atoms with Gasteiger partial charge in [-0.3, -0.25) is 4.79 Å². The number of carbonyl (C=O) groups is 2. The first-order valence-electron chi connectivity index (χ1n) is 9.80. The summed E-state index contributed by atoms with van der Waals surface area (Å²) in [5.74, 6) is -0.283. The molecular formula is C20H30N2O5S. The normalized spacial score (nSPS) is 21.0. The Bertz CT molecular complexity index is 768. The van der Waals surface area contributed by atoms with E-state index in [0.29, 0.717) is 12.3 Å². The predicted octanol–water partition coefficient (Wildman–Crippen LogP) is 2.62. The van der Waals surface area contributed by atoms with E-state index in [0.717, 1.165) is 25.7 Å². The standard InChI is InChI=1S/C20H30N2O5S/c1-4-15(3)22-28(25,26)18-11-7-16(8-12-18)20(24)27-13-19(23)21-17-9-5-14(2)6-10-17/h7-8,11-12,14-15,17,22H,4-6,9-10,13H2,1-3H3,(H,21,23)/t14?,15-,17?/m0/s1. The van der Waals surface area contributed by atoms with Crippen LogP contribution in [-0.2, 0) is 19.6 Å². The summed E-state index contributed by atoms with van der Waals surface area (Å²) in [5.41, 5.74) is 0.196. The van der Waals surface area contributed by atoms with Crippen LogP contribution in [-0.4, -0.2) is 39.0 Å². The molecule has 0 heterocycles. The lowest BCUT2D eigenvalue weighted by Gasteiger charge is -2.26. The van der Waals surface area contributed by atoms with Crippen LogP contribution in [0.4, 0.5) is 0 Å². The van der Waals surface area contributed by atoms with Gasteiger partial charge in [-0.05, 0) is 69.2 Å². The molecule has 1 atom stereocenters. The van der Waals surface area contributed by atoms with Crippen LogP contribution in [0.25, 0.3) is 0 Å². The molecule has 1 aliphatic carbocycles. The van der Waals surface area contributed by atoms with Gasteiger partial charge in [0.1, 0.15) is 0 Å². The molecule has 1 amide bonds. The molecule has 1 aliphatic rings. The van der Waals surface area contributed by atoms with Gasteiger partial charge in [0.25, 0.3) is 5.91 Å². The average molecular weight is 411 g/mol. The summed E-state index contributed by atoms with van der Waals surface area (Å²) in [6.07, 6.45) is 4.74. The lowest BCUT2D eigenvalue weighted by atomic mass is 9.87. The molecule has 2 rings (SSSR count). The molecule has 0 aromatic heterocycles. The molecule has 0 aliphatic heterocycles. The summed E-state index contributed by atoms with van der Waals surface area (Å²) in [6, 6.07) is 5.43. The highest BCUT2D eigenvalue weighted by atomic mass is 32.2. The quantitative estimate of drug-likeness (QED) is 0.642. The highest BCUT2D eigenvalue weighted by Crippen LogP contribution is 2.23. The van der Waals surface area contributed by atoms with Crippen LogP contribution in [0, 0.1) is 5.92 Å². The molecule has 0 radical (unpaired) electrons. The smallest absolute Gasteiger partial charge is 0.338 e. The van der Waals surface area contributed by atoms with E-state index in [2.05, 4.69) is 17.0 Å². The SMILES string of the molecule is CC[C@H](C)NS(=O)(=O)c1ccc(C(=O)OCC(=O)NC2CCC(C)CC2)cc1. The molecule has 1 saturated carbocycles. The van der Waals surface area contributed by atoms with Crippen LogP contribution in [0.5, 0.6) is 0 Å². The lowest BCUT2D eigenvalue weighted by molar-refractivity contribution is -0.125. The van der Waals surface area contributed by atoms with Crippen molar-refractivity contribution in [2.24, 2.45) is 5.92 Å². The fourth-order valence-corrected chi connectivity index (χ4v) is 4.40. The van der Waals surface area contributed by atoms with Gasteiger partial charge in [-0.2, -0.15) is 0 Å². The Morgan fingerprint density at radius 1 is 1.14 bits per heavy atom. The van der Waals surface area contributed by atoms with Gasteiger partial charge in [-0.1, -0.05) is 13.8 Å². The Labute approximate surface area is 167 Å². The van der Waals surface area contributed by atoms with Gasteiger partial charge in [-0.15, -0.1) is 0 Å². The molecule has 2 N–H and O–H groups in total. The molecule has 0 bridgehead atoms. The van der Waals surface area contributed by atoms with Crippen LogP contribution in [0.3, 0.4) is 0 Å². The number of benzene rings is 1. The van der Waals surface area contributed by atoms with E-state index in [1.54, 1.807) is 6.92 Å². The Hall–Kier alpha value is -1.93. The maximum absolute atomic E-state index is 12.2. The van der Waals surface area contributed by atoms with Crippen LogP contribution in [0.1, 0.15) is 63.2 Å². The second-order valence-electron chi connectivity index (χ2n) is 7.56. The monoisotopic (exact) mass is 410 g/mol. The summed E-state index contributed by atoms with van der Waals surface area (Å²) in [4.78, 5) is 24.1. The van der Waals surface area contributed by atoms with Gasteiger partial charge < -0.3 is 10.1 Å². The summed E-state index contributed by atoms with van der Waals surface area (Å²) in [5, 5.41) is 2.90. The fraction of sp³-hybridized carbons (Fsp3) is 0.600. The third-order valence-electron chi connectivity index (χ3n) is 5.08. The maximum Gasteiger partial charge on any atom is 0.338 e. The zero-order valence-electron chi connectivity index (χ0n) is 16.7. The first-order chi connectivity index (χ1) is 13.2. The fourth-order valence-electron chi connectivity index (χ4n) is 3.07. The largest absolute Gasteiger partial charge is 0.452 e. The second-order valence-corrected chi connectivity index (χ2v) is 9.27. The van der Waals surface area contributed by atoms with Crippen molar-refractivity contribution < 1.29 is 22.7 Å². The third kappa shape index (κ3) is 6.60. The summed E-state index contributed by atoms with van der Waals surface area (Å²) < 4.78 is 32.1. The average Bonchev–Trinajstić information content (AvgIpc) is 2.67. The first-order valence-corrected chi connectivity index (χ1v) is 11.3. The molecule has 0 unspecified atom stereocenters. The van der Waals surface area contributed by atoms with Crippen molar-refractivity contribution in [2.45, 2.75) is 69.9 Å². The van der Waals surface area contributed by atoms with E-state index in [9.17, 15) is 18.0 Å². The molecule has 1 aromatic rings. The van der Waals surface area contributed by atoms with Gasteiger partial charge in [0.15, 0.2) is 6.61 Å². The van der Waals surface area contributed by atoms with Gasteiger partial charge in [0.05, 0.1) is 10.5 Å². The Kier molecular flexibility index (Phi) is 8.00. The number of esters is 1. The molecule has 0 spiro atoms. The topological polar surface area (TPSA) is 102 Å². The molecule has 1 aromatic carbocycles. The van der Waals surface area contributed by atoms with Crippen molar-refractivity contribution in [3.05, 3.63) is 29.8 Å². The molecule has 156 valence electrons.